The van der Waals surface area contributed by atoms with Crippen molar-refractivity contribution >= 4 is 93.7 Å². The van der Waals surface area contributed by atoms with Crippen molar-refractivity contribution in [2.24, 2.45) is 0 Å². The minimum atomic E-state index is -0.984. The molecule has 18 aromatic rings. The molecule has 40 nitrogen and oxygen atoms in total. The number of carbonyl (C=O) groups is 6. The van der Waals surface area contributed by atoms with E-state index in [1.54, 1.807) is 43.3 Å². The van der Waals surface area contributed by atoms with Crippen LogP contribution in [0.25, 0.3) is 134 Å². The summed E-state index contributed by atoms with van der Waals surface area (Å²) < 4.78 is 63.2. The molecule has 0 saturated heterocycles. The highest BCUT2D eigenvalue weighted by Crippen LogP contribution is 2.34. The number of esters is 5. The molecule has 0 fully saturated rings. The highest BCUT2D eigenvalue weighted by Gasteiger charge is 2.26. The van der Waals surface area contributed by atoms with Gasteiger partial charge in [-0.1, -0.05) is 167 Å². The molecule has 150 heavy (non-hydrogen) atoms. The zero-order valence-corrected chi connectivity index (χ0v) is 90.7. The molecule has 0 aliphatic rings. The molecule has 12 aromatic heterocycles. The first-order chi connectivity index (χ1) is 72.1. The highest BCUT2D eigenvalue weighted by atomic mass is 32.2. The molecule has 0 atom stereocenters. The van der Waals surface area contributed by atoms with Crippen LogP contribution in [-0.2, 0) is 91.7 Å². The zero-order chi connectivity index (χ0) is 107. The van der Waals surface area contributed by atoms with Crippen LogP contribution in [-0.4, -0.2) is 247 Å². The summed E-state index contributed by atoms with van der Waals surface area (Å²) in [5, 5.41) is 46.3. The van der Waals surface area contributed by atoms with Crippen LogP contribution >= 0.6 is 57.9 Å². The van der Waals surface area contributed by atoms with Gasteiger partial charge in [-0.25, -0.2) is 29.3 Å². The molecule has 0 bridgehead atoms. The van der Waals surface area contributed by atoms with E-state index >= 15 is 0 Å². The first-order valence-corrected chi connectivity index (χ1v) is 52.1. The number of aliphatic carboxylic acids is 1. The summed E-state index contributed by atoms with van der Waals surface area (Å²) in [6.45, 7) is 33.5. The lowest BCUT2D eigenvalue weighted by molar-refractivity contribution is -0.145. The predicted octanol–water partition coefficient (Wildman–Crippen LogP) is 17.8. The molecule has 0 radical (unpaired) electrons. The minimum absolute atomic E-state index is 0.0103. The van der Waals surface area contributed by atoms with E-state index in [0.717, 1.165) is 112 Å². The second-order valence-electron chi connectivity index (χ2n) is 34.7. The van der Waals surface area contributed by atoms with Crippen LogP contribution in [0, 0.1) is 83.1 Å². The van der Waals surface area contributed by atoms with Gasteiger partial charge < -0.3 is 47.6 Å². The van der Waals surface area contributed by atoms with Gasteiger partial charge in [-0.2, -0.15) is 58.1 Å². The molecule has 0 aliphatic carbocycles. The average molecular weight is 2130 g/mol. The number of nitrogens with zero attached hydrogens (tertiary/aromatic N) is 26. The molecular weight excluding hydrogens is 2010 g/mol. The molecule has 0 spiro atoms. The van der Waals surface area contributed by atoms with Crippen molar-refractivity contribution in [3.8, 4) is 134 Å². The largest absolute Gasteiger partial charge is 0.480 e. The summed E-state index contributed by atoms with van der Waals surface area (Å²) >= 11 is 6.79. The molecule has 780 valence electrons. The molecule has 0 amide bonds. The van der Waals surface area contributed by atoms with Crippen LogP contribution in [0.5, 0.6) is 0 Å². The second-order valence-corrected chi connectivity index (χ2v) is 38.5. The number of aryl methyl sites for hydroxylation is 12. The van der Waals surface area contributed by atoms with Gasteiger partial charge in [-0.05, 0) is 242 Å². The first kappa shape index (κ1) is 111. The van der Waals surface area contributed by atoms with Gasteiger partial charge in [0.1, 0.15) is 113 Å². The van der Waals surface area contributed by atoms with Crippen LogP contribution < -0.4 is 0 Å². The Hall–Kier alpha value is -15.8. The first-order valence-electron chi connectivity index (χ1n) is 47.6. The van der Waals surface area contributed by atoms with Gasteiger partial charge in [-0.3, -0.25) is 47.5 Å². The quantitative estimate of drug-likeness (QED) is 0.0219. The molecule has 6 aromatic carbocycles. The Bertz CT molecular complexity index is 7610. The Kier molecular flexibility index (Phi) is 39.9. The molecule has 1 N–H and O–H groups in total. The third-order valence-electron chi connectivity index (χ3n) is 21.9. The van der Waals surface area contributed by atoms with Crippen LogP contribution in [0.1, 0.15) is 88.3 Å². The maximum Gasteiger partial charge on any atom is 0.328 e. The summed E-state index contributed by atoms with van der Waals surface area (Å²) in [4.78, 5) is 102. The summed E-state index contributed by atoms with van der Waals surface area (Å²) in [5.41, 5.74) is 21.3. The van der Waals surface area contributed by atoms with Crippen molar-refractivity contribution in [3.63, 3.8) is 0 Å². The van der Waals surface area contributed by atoms with Crippen LogP contribution in [0.3, 0.4) is 0 Å². The lowest BCUT2D eigenvalue weighted by Gasteiger charge is -2.17. The molecule has 12 heterocycles. The molecule has 0 unspecified atom stereocenters. The van der Waals surface area contributed by atoms with E-state index in [1.807, 2.05) is 253 Å². The Balaban J connectivity index is 0.000000150. The van der Waals surface area contributed by atoms with Crippen molar-refractivity contribution in [2.45, 2.75) is 143 Å². The number of hydrogen-bond acceptors (Lipinski definition) is 38. The van der Waals surface area contributed by atoms with Crippen LogP contribution in [0.2, 0.25) is 0 Å². The van der Waals surface area contributed by atoms with Crippen molar-refractivity contribution in [2.75, 3.05) is 79.4 Å². The minimum Gasteiger partial charge on any atom is -0.480 e. The number of carboxylic acids is 1. The highest BCUT2D eigenvalue weighted by molar-refractivity contribution is 7.98. The van der Waals surface area contributed by atoms with Crippen molar-refractivity contribution in [1.29, 1.82) is 0 Å². The monoisotopic (exact) mass is 2120 g/mol. The number of methoxy groups -OCH3 is 1. The predicted molar refractivity (Wildman–Crippen MR) is 574 cm³/mol. The summed E-state index contributed by atoms with van der Waals surface area (Å²) in [6.07, 6.45) is 1.88. The number of carboxylic acid groups (broad SMARTS) is 1. The van der Waals surface area contributed by atoms with Gasteiger partial charge in [-0.15, -0.1) is 11.8 Å². The second kappa shape index (κ2) is 53.7. The summed E-state index contributed by atoms with van der Waals surface area (Å²) in [6, 6.07) is 59.2. The maximum atomic E-state index is 12.3. The van der Waals surface area contributed by atoms with Crippen LogP contribution in [0.4, 0.5) is 0 Å². The number of thioether (sulfide) groups is 1. The van der Waals surface area contributed by atoms with E-state index in [1.165, 1.54) is 91.9 Å². The van der Waals surface area contributed by atoms with Gasteiger partial charge >= 0.3 is 35.8 Å². The fourth-order valence-corrected chi connectivity index (χ4v) is 17.8. The van der Waals surface area contributed by atoms with Crippen LogP contribution in [0.15, 0.2) is 191 Å². The number of aromatic nitrogens is 24. The number of rotatable bonds is 35. The topological polar surface area (TPSA) is 463 Å². The fraction of sp³-hybridized carbons (Fsp3) is 0.314. The number of benzene rings is 6. The van der Waals surface area contributed by atoms with E-state index in [9.17, 15) is 28.8 Å². The standard InChI is InChI=1S/C21H27N5O3.C19H23N5O2S.C17H18N4O2S2.C17H18N4O2S.C16H16N4O2S.C15H14N4O3/c1-5-25(6-2)10-11-28-19(27)14-26-18(13-16(4)23-26)21-22-20(24-29-21)17-9-7-8-15(3)12-17;1-13-6-5-7-15(10-13)19-20-18(22-27-19)16-11-14(2)21-24(16)12-17(25)26-9-8-23(3)4;1-11-5-4-6-13(7-11)17-18-16(20-25-17)14-8-12(2)19-21(14)9-15(22)23-10-24-3;1-4-23-15(22)10-21-14(9-12(3)19-21)16-18-17(24-20-16)13-7-5-6-11(2)8-13;1-10-5-4-6-12(7-10)16-17-15(19-23-16)13-8-11(2)18-20(13)9-14(21)22-3;1-9-4-3-5-11(6-9)14-16-15(22-18-14)12-7-10(2)17-19(12)8-13(20)21/h7-9,12-13H,5-6,10-11,14H2,1-4H3;5-7,10-11H,8-9,12H2,1-4H3;4-8H,9-10H2,1-3H3;5-9H,4,10H2,1-3H3;4-8H,9H2,1-3H3;3-7H,8H2,1-2H3,(H,20,21). The van der Waals surface area contributed by atoms with Gasteiger partial charge in [0.2, 0.25) is 11.6 Å². The van der Waals surface area contributed by atoms with E-state index in [-0.39, 0.29) is 75.0 Å². The lowest BCUT2D eigenvalue weighted by atomic mass is 10.1. The smallest absolute Gasteiger partial charge is 0.328 e. The Labute approximate surface area is 887 Å². The molecule has 45 heteroatoms. The third kappa shape index (κ3) is 31.9. The van der Waals surface area contributed by atoms with Crippen molar-refractivity contribution in [3.05, 3.63) is 250 Å². The maximum absolute atomic E-state index is 12.3. The molecule has 18 rings (SSSR count). The van der Waals surface area contributed by atoms with E-state index in [2.05, 4.69) is 131 Å². The van der Waals surface area contributed by atoms with Gasteiger partial charge in [0.05, 0.1) is 47.9 Å². The number of carbonyl (C=O) groups excluding carboxylic acids is 5. The van der Waals surface area contributed by atoms with E-state index in [0.29, 0.717) is 114 Å². The summed E-state index contributed by atoms with van der Waals surface area (Å²) in [7, 11) is 5.22. The van der Waals surface area contributed by atoms with Gasteiger partial charge in [0.25, 0.3) is 11.8 Å². The number of ether oxygens (including phenoxy) is 5. The fourth-order valence-electron chi connectivity index (χ4n) is 14.9. The number of likely N-dealkylation sites (N-methyl/N-ethyl adjacent to an activating group) is 2. The van der Waals surface area contributed by atoms with E-state index < -0.39 is 5.97 Å². The number of hydrogen-bond donors (Lipinski definition) is 1. The molecule has 0 aliphatic heterocycles. The zero-order valence-electron chi connectivity index (χ0n) is 86.6. The Morgan fingerprint density at radius 3 is 0.900 bits per heavy atom. The normalized spacial score (nSPS) is 10.9. The molecule has 0 saturated carbocycles. The lowest BCUT2D eigenvalue weighted by Crippen LogP contribution is -2.28. The van der Waals surface area contributed by atoms with Crippen molar-refractivity contribution in [1.82, 2.24) is 126 Å². The average Bonchev–Trinajstić information content (AvgIpc) is 1.67. The van der Waals surface area contributed by atoms with Crippen molar-refractivity contribution < 1.29 is 66.6 Å². The molecular formula is C105H116N26O14S5. The summed E-state index contributed by atoms with van der Waals surface area (Å²) in [5.74, 6) is 1.47. The Morgan fingerprint density at radius 2 is 0.613 bits per heavy atom. The SMILES string of the molecule is CCN(CC)CCOC(=O)Cn1nc(C)cc1-c1nc(-c2cccc(C)c2)no1.CCOC(=O)Cn1nc(C)cc1-c1nsc(-c2cccc(C)c2)n1.COC(=O)Cn1nc(C)cc1-c1nsc(-c2cccc(C)c2)n1.CSCOC(=O)Cn1nc(C)cc1-c1nsc(-c2cccc(C)c2)n1.Cc1cccc(-c2nc(-c3cc(C)nn3CC(=O)OCCN(C)C)ns2)c1.Cc1cccc(-c2noc(-c3cc(C)nn3CC(=O)O)n2)c1. The Morgan fingerprint density at radius 1 is 0.340 bits per heavy atom. The van der Waals surface area contributed by atoms with Gasteiger partial charge in [0.15, 0.2) is 23.3 Å². The third-order valence-corrected chi connectivity index (χ3v) is 25.3. The van der Waals surface area contributed by atoms with Gasteiger partial charge in [0, 0.05) is 46.5 Å². The van der Waals surface area contributed by atoms with E-state index in [4.69, 9.17) is 37.8 Å².